The number of aryl methyl sites for hydroxylation is 1. The molecule has 0 aliphatic heterocycles. The zero-order chi connectivity index (χ0) is 17.7. The van der Waals surface area contributed by atoms with Crippen molar-refractivity contribution in [2.75, 3.05) is 13.6 Å². The van der Waals surface area contributed by atoms with E-state index in [0.29, 0.717) is 5.02 Å². The second-order valence-corrected chi connectivity index (χ2v) is 8.76. The van der Waals surface area contributed by atoms with Crippen LogP contribution in [0.2, 0.25) is 5.02 Å². The van der Waals surface area contributed by atoms with Gasteiger partial charge in [-0.25, -0.2) is 13.8 Å². The van der Waals surface area contributed by atoms with E-state index in [4.69, 9.17) is 11.6 Å². The number of halogens is 1. The van der Waals surface area contributed by atoms with Gasteiger partial charge in [0.1, 0.15) is 0 Å². The molecule has 0 saturated carbocycles. The highest BCUT2D eigenvalue weighted by molar-refractivity contribution is 7.89. The minimum Gasteiger partial charge on any atom is -0.272 e. The number of nitrogens with one attached hydrogen (secondary N) is 1. The van der Waals surface area contributed by atoms with Crippen LogP contribution in [0.15, 0.2) is 46.4 Å². The number of carbonyl (C=O) groups is 1. The third-order valence-electron chi connectivity index (χ3n) is 3.03. The standard InChI is InChI=1S/C15H16ClN3O3S2/c1-11-3-6-13(23-11)9-17-18-15(20)10-19(2)24(21,22)14-7-4-12(16)5-8-14/h3-9H,10H2,1-2H3,(H,18,20)/b17-9-. The highest BCUT2D eigenvalue weighted by Gasteiger charge is 2.22. The molecule has 1 aromatic heterocycles. The summed E-state index contributed by atoms with van der Waals surface area (Å²) in [5.74, 6) is -0.528. The van der Waals surface area contributed by atoms with Crippen LogP contribution in [0.3, 0.4) is 0 Å². The predicted octanol–water partition coefficient (Wildman–Crippen LogP) is 2.48. The molecular formula is C15H16ClN3O3S2. The fourth-order valence-electron chi connectivity index (χ4n) is 1.80. The van der Waals surface area contributed by atoms with E-state index in [2.05, 4.69) is 10.5 Å². The first-order valence-corrected chi connectivity index (χ1v) is 9.53. The molecule has 0 unspecified atom stereocenters. The van der Waals surface area contributed by atoms with Gasteiger partial charge in [0, 0.05) is 21.8 Å². The Balaban J connectivity index is 1.95. The van der Waals surface area contributed by atoms with Crippen LogP contribution in [0.25, 0.3) is 0 Å². The molecule has 1 aromatic carbocycles. The van der Waals surface area contributed by atoms with E-state index >= 15 is 0 Å². The fourth-order valence-corrected chi connectivity index (χ4v) is 3.80. The van der Waals surface area contributed by atoms with Gasteiger partial charge < -0.3 is 0 Å². The third kappa shape index (κ3) is 4.88. The SMILES string of the molecule is Cc1ccc(/C=N\NC(=O)CN(C)S(=O)(=O)c2ccc(Cl)cc2)s1. The molecule has 1 amide bonds. The van der Waals surface area contributed by atoms with E-state index in [0.717, 1.165) is 14.1 Å². The molecule has 9 heteroatoms. The van der Waals surface area contributed by atoms with Crippen LogP contribution in [0.4, 0.5) is 0 Å². The van der Waals surface area contributed by atoms with Crippen LogP contribution in [0.1, 0.15) is 9.75 Å². The van der Waals surface area contributed by atoms with Gasteiger partial charge in [0.25, 0.3) is 5.91 Å². The maximum Gasteiger partial charge on any atom is 0.255 e. The van der Waals surface area contributed by atoms with Crippen LogP contribution in [0.5, 0.6) is 0 Å². The van der Waals surface area contributed by atoms with Crippen molar-refractivity contribution in [2.24, 2.45) is 5.10 Å². The Morgan fingerprint density at radius 3 is 2.54 bits per heavy atom. The molecule has 0 fully saturated rings. The molecular weight excluding hydrogens is 370 g/mol. The van der Waals surface area contributed by atoms with Crippen LogP contribution >= 0.6 is 22.9 Å². The van der Waals surface area contributed by atoms with E-state index in [1.807, 2.05) is 19.1 Å². The summed E-state index contributed by atoms with van der Waals surface area (Å²) >= 11 is 7.29. The molecule has 6 nitrogen and oxygen atoms in total. The number of thiophene rings is 1. The van der Waals surface area contributed by atoms with Crippen LogP contribution in [-0.4, -0.2) is 38.4 Å². The lowest BCUT2D eigenvalue weighted by Crippen LogP contribution is -2.36. The minimum absolute atomic E-state index is 0.0692. The Hall–Kier alpha value is -1.74. The number of sulfonamides is 1. The van der Waals surface area contributed by atoms with Crippen LogP contribution in [0, 0.1) is 6.92 Å². The predicted molar refractivity (Wildman–Crippen MR) is 96.1 cm³/mol. The lowest BCUT2D eigenvalue weighted by molar-refractivity contribution is -0.121. The molecule has 24 heavy (non-hydrogen) atoms. The van der Waals surface area contributed by atoms with E-state index in [9.17, 15) is 13.2 Å². The van der Waals surface area contributed by atoms with Crippen molar-refractivity contribution in [3.05, 3.63) is 51.2 Å². The summed E-state index contributed by atoms with van der Waals surface area (Å²) in [6, 6.07) is 9.57. The maximum atomic E-state index is 12.3. The molecule has 0 bridgehead atoms. The van der Waals surface area contributed by atoms with Crippen molar-refractivity contribution >= 4 is 45.1 Å². The Bertz CT molecular complexity index is 845. The molecule has 0 radical (unpaired) electrons. The van der Waals surface area contributed by atoms with Gasteiger partial charge in [0.15, 0.2) is 0 Å². The third-order valence-corrected chi connectivity index (χ3v) is 6.04. The number of amides is 1. The van der Waals surface area contributed by atoms with Crippen molar-refractivity contribution in [1.82, 2.24) is 9.73 Å². The second-order valence-electron chi connectivity index (χ2n) is 4.96. The highest BCUT2D eigenvalue weighted by atomic mass is 35.5. The van der Waals surface area contributed by atoms with E-state index < -0.39 is 15.9 Å². The Morgan fingerprint density at radius 1 is 1.29 bits per heavy atom. The van der Waals surface area contributed by atoms with Gasteiger partial charge in [-0.05, 0) is 43.3 Å². The number of likely N-dealkylation sites (N-methyl/N-ethyl adjacent to an activating group) is 1. The quantitative estimate of drug-likeness (QED) is 0.612. The number of benzene rings is 1. The molecule has 0 aliphatic rings. The molecule has 0 aliphatic carbocycles. The van der Waals surface area contributed by atoms with Crippen molar-refractivity contribution in [3.8, 4) is 0 Å². The molecule has 0 saturated heterocycles. The first-order chi connectivity index (χ1) is 11.3. The summed E-state index contributed by atoms with van der Waals surface area (Å²) < 4.78 is 25.6. The van der Waals surface area contributed by atoms with Crippen molar-refractivity contribution in [2.45, 2.75) is 11.8 Å². The molecule has 2 aromatic rings. The minimum atomic E-state index is -3.76. The second kappa shape index (κ2) is 7.89. The van der Waals surface area contributed by atoms with Crippen molar-refractivity contribution in [3.63, 3.8) is 0 Å². The summed E-state index contributed by atoms with van der Waals surface area (Å²) in [6.45, 7) is 1.63. The number of carbonyl (C=O) groups excluding carboxylic acids is 1. The largest absolute Gasteiger partial charge is 0.272 e. The van der Waals surface area contributed by atoms with Gasteiger partial charge in [0.2, 0.25) is 10.0 Å². The zero-order valence-electron chi connectivity index (χ0n) is 13.1. The zero-order valence-corrected chi connectivity index (χ0v) is 15.5. The van der Waals surface area contributed by atoms with Gasteiger partial charge in [-0.3, -0.25) is 4.79 Å². The maximum absolute atomic E-state index is 12.3. The average molecular weight is 386 g/mol. The fraction of sp³-hybridized carbons (Fsp3) is 0.200. The van der Waals surface area contributed by atoms with E-state index in [1.165, 1.54) is 48.9 Å². The molecule has 1 N–H and O–H groups in total. The van der Waals surface area contributed by atoms with Crippen LogP contribution < -0.4 is 5.43 Å². The smallest absolute Gasteiger partial charge is 0.255 e. The molecule has 0 atom stereocenters. The van der Waals surface area contributed by atoms with Gasteiger partial charge in [0.05, 0.1) is 17.7 Å². The first kappa shape index (κ1) is 18.6. The Labute approximate surface area is 149 Å². The van der Waals surface area contributed by atoms with E-state index in [-0.39, 0.29) is 11.4 Å². The van der Waals surface area contributed by atoms with Gasteiger partial charge >= 0.3 is 0 Å². The van der Waals surface area contributed by atoms with Gasteiger partial charge in [-0.1, -0.05) is 11.6 Å². The van der Waals surface area contributed by atoms with Crippen LogP contribution in [-0.2, 0) is 14.8 Å². The summed E-state index contributed by atoms with van der Waals surface area (Å²) in [7, 11) is -2.43. The number of rotatable bonds is 6. The lowest BCUT2D eigenvalue weighted by atomic mass is 10.4. The monoisotopic (exact) mass is 385 g/mol. The van der Waals surface area contributed by atoms with E-state index in [1.54, 1.807) is 0 Å². The topological polar surface area (TPSA) is 78.8 Å². The van der Waals surface area contributed by atoms with Crippen molar-refractivity contribution < 1.29 is 13.2 Å². The summed E-state index contributed by atoms with van der Waals surface area (Å²) in [4.78, 5) is 13.9. The summed E-state index contributed by atoms with van der Waals surface area (Å²) in [5.41, 5.74) is 2.31. The normalized spacial score (nSPS) is 12.0. The molecule has 1 heterocycles. The summed E-state index contributed by atoms with van der Waals surface area (Å²) in [6.07, 6.45) is 1.52. The first-order valence-electron chi connectivity index (χ1n) is 6.89. The number of hydrogen-bond acceptors (Lipinski definition) is 5. The van der Waals surface area contributed by atoms with Gasteiger partial charge in [-0.15, -0.1) is 11.3 Å². The average Bonchev–Trinajstić information content (AvgIpc) is 2.93. The number of hydrazone groups is 1. The lowest BCUT2D eigenvalue weighted by Gasteiger charge is -2.16. The molecule has 128 valence electrons. The molecule has 0 spiro atoms. The highest BCUT2D eigenvalue weighted by Crippen LogP contribution is 2.17. The van der Waals surface area contributed by atoms with Gasteiger partial charge in [-0.2, -0.15) is 9.41 Å². The summed E-state index contributed by atoms with van der Waals surface area (Å²) in [5, 5.41) is 4.26. The Morgan fingerprint density at radius 2 is 1.96 bits per heavy atom. The molecule has 2 rings (SSSR count). The number of nitrogens with zero attached hydrogens (tertiary/aromatic N) is 2. The Kier molecular flexibility index (Phi) is 6.11. The van der Waals surface area contributed by atoms with Crippen molar-refractivity contribution in [1.29, 1.82) is 0 Å². The number of hydrogen-bond donors (Lipinski definition) is 1.